The maximum atomic E-state index is 12.7. The first kappa shape index (κ1) is 22.0. The minimum absolute atomic E-state index is 0.191. The van der Waals surface area contributed by atoms with E-state index >= 15 is 0 Å². The van der Waals surface area contributed by atoms with Crippen LogP contribution in [-0.2, 0) is 0 Å². The second-order valence-electron chi connectivity index (χ2n) is 8.20. The smallest absolute Gasteiger partial charge is 0.255 e. The molecule has 1 aliphatic rings. The summed E-state index contributed by atoms with van der Waals surface area (Å²) in [4.78, 5) is 17.4. The highest BCUT2D eigenvalue weighted by Gasteiger charge is 2.20. The summed E-state index contributed by atoms with van der Waals surface area (Å²) in [5.74, 6) is 1.85. The van der Waals surface area contributed by atoms with Crippen LogP contribution in [0.5, 0.6) is 11.5 Å². The molecule has 1 fully saturated rings. The third-order valence-electron chi connectivity index (χ3n) is 5.74. The molecule has 0 saturated carbocycles. The molecule has 6 heteroatoms. The summed E-state index contributed by atoms with van der Waals surface area (Å²) >= 11 is 0. The van der Waals surface area contributed by atoms with Crippen molar-refractivity contribution in [1.29, 1.82) is 0 Å². The van der Waals surface area contributed by atoms with Crippen LogP contribution in [0.1, 0.15) is 28.8 Å². The van der Waals surface area contributed by atoms with E-state index in [4.69, 9.17) is 9.47 Å². The molecule has 1 aliphatic heterocycles. The summed E-state index contributed by atoms with van der Waals surface area (Å²) in [6, 6.07) is 11.6. The minimum Gasteiger partial charge on any atom is -0.496 e. The third kappa shape index (κ3) is 5.25. The summed E-state index contributed by atoms with van der Waals surface area (Å²) in [6.45, 7) is 5.22. The van der Waals surface area contributed by atoms with Gasteiger partial charge in [-0.2, -0.15) is 0 Å². The molecule has 6 nitrogen and oxygen atoms in total. The number of carbonyl (C=O) groups excluding carboxylic acids is 1. The first-order valence-electron chi connectivity index (χ1n) is 10.4. The van der Waals surface area contributed by atoms with Crippen molar-refractivity contribution in [1.82, 2.24) is 4.90 Å². The first-order chi connectivity index (χ1) is 14.4. The minimum atomic E-state index is -0.191. The summed E-state index contributed by atoms with van der Waals surface area (Å²) in [5.41, 5.74) is 3.34. The molecule has 1 saturated heterocycles. The number of hydrogen-bond acceptors (Lipinski definition) is 5. The molecule has 0 aromatic heterocycles. The quantitative estimate of drug-likeness (QED) is 0.745. The number of methoxy groups -OCH3 is 2. The average molecular weight is 412 g/mol. The standard InChI is InChI=1S/C24H33N3O3/c1-17-22(29-4)14-19(15-23(17)30-5)24(28)25-20-6-8-21(9-7-20)27-12-10-18(11-13-27)16-26(2)3/h6-9,14-15,18H,10-13,16H2,1-5H3,(H,25,28). The van der Waals surface area contributed by atoms with E-state index in [0.717, 1.165) is 36.8 Å². The zero-order valence-corrected chi connectivity index (χ0v) is 18.7. The van der Waals surface area contributed by atoms with Crippen LogP contribution < -0.4 is 19.7 Å². The number of benzene rings is 2. The second kappa shape index (κ2) is 9.85. The summed E-state index contributed by atoms with van der Waals surface area (Å²) < 4.78 is 10.7. The summed E-state index contributed by atoms with van der Waals surface area (Å²) in [6.07, 6.45) is 2.43. The van der Waals surface area contributed by atoms with Crippen molar-refractivity contribution < 1.29 is 14.3 Å². The predicted octanol–water partition coefficient (Wildman–Crippen LogP) is 4.04. The zero-order valence-electron chi connectivity index (χ0n) is 18.7. The SMILES string of the molecule is COc1cc(C(=O)Nc2ccc(N3CCC(CN(C)C)CC3)cc2)cc(OC)c1C. The van der Waals surface area contributed by atoms with Gasteiger partial charge in [-0.15, -0.1) is 0 Å². The molecule has 0 atom stereocenters. The lowest BCUT2D eigenvalue weighted by Crippen LogP contribution is -2.37. The number of piperidine rings is 1. The number of ether oxygens (including phenoxy) is 2. The molecule has 2 aromatic rings. The lowest BCUT2D eigenvalue weighted by atomic mass is 9.96. The van der Waals surface area contributed by atoms with E-state index in [2.05, 4.69) is 41.3 Å². The van der Waals surface area contributed by atoms with Crippen LogP contribution in [0.25, 0.3) is 0 Å². The van der Waals surface area contributed by atoms with Gasteiger partial charge in [0.1, 0.15) is 11.5 Å². The zero-order chi connectivity index (χ0) is 21.7. The highest BCUT2D eigenvalue weighted by molar-refractivity contribution is 6.05. The molecule has 30 heavy (non-hydrogen) atoms. The molecule has 162 valence electrons. The van der Waals surface area contributed by atoms with Crippen LogP contribution in [0.3, 0.4) is 0 Å². The van der Waals surface area contributed by atoms with Gasteiger partial charge in [-0.3, -0.25) is 4.79 Å². The fourth-order valence-corrected chi connectivity index (χ4v) is 4.07. The Bertz CT molecular complexity index is 831. The number of anilines is 2. The fourth-order valence-electron chi connectivity index (χ4n) is 4.07. The van der Waals surface area contributed by atoms with Gasteiger partial charge in [0.05, 0.1) is 14.2 Å². The summed E-state index contributed by atoms with van der Waals surface area (Å²) in [7, 11) is 7.46. The number of carbonyl (C=O) groups is 1. The molecule has 0 radical (unpaired) electrons. The van der Waals surface area contributed by atoms with Gasteiger partial charge in [0, 0.05) is 42.1 Å². The van der Waals surface area contributed by atoms with E-state index in [-0.39, 0.29) is 5.91 Å². The second-order valence-corrected chi connectivity index (χ2v) is 8.20. The Kier molecular flexibility index (Phi) is 7.21. The van der Waals surface area contributed by atoms with Gasteiger partial charge in [0.2, 0.25) is 0 Å². The van der Waals surface area contributed by atoms with Crippen LogP contribution in [0.15, 0.2) is 36.4 Å². The summed E-state index contributed by atoms with van der Waals surface area (Å²) in [5, 5.41) is 2.97. The Labute approximate surface area is 179 Å². The Morgan fingerprint density at radius 3 is 2.13 bits per heavy atom. The first-order valence-corrected chi connectivity index (χ1v) is 10.4. The Hall–Kier alpha value is -2.73. The third-order valence-corrected chi connectivity index (χ3v) is 5.74. The van der Waals surface area contributed by atoms with Crippen LogP contribution >= 0.6 is 0 Å². The average Bonchev–Trinajstić information content (AvgIpc) is 2.74. The van der Waals surface area contributed by atoms with Crippen LogP contribution in [-0.4, -0.2) is 58.8 Å². The highest BCUT2D eigenvalue weighted by Crippen LogP contribution is 2.30. The van der Waals surface area contributed by atoms with E-state index in [1.807, 2.05) is 19.1 Å². The van der Waals surface area contributed by atoms with E-state index in [1.54, 1.807) is 26.4 Å². The van der Waals surface area contributed by atoms with E-state index in [1.165, 1.54) is 18.5 Å². The molecular formula is C24H33N3O3. The van der Waals surface area contributed by atoms with E-state index in [9.17, 15) is 4.79 Å². The number of amides is 1. The van der Waals surface area contributed by atoms with Gasteiger partial charge in [0.25, 0.3) is 5.91 Å². The van der Waals surface area contributed by atoms with Gasteiger partial charge in [-0.1, -0.05) is 0 Å². The maximum Gasteiger partial charge on any atom is 0.255 e. The molecule has 0 spiro atoms. The van der Waals surface area contributed by atoms with Crippen molar-refractivity contribution >= 4 is 17.3 Å². The van der Waals surface area contributed by atoms with Crippen LogP contribution in [0.2, 0.25) is 0 Å². The van der Waals surface area contributed by atoms with Gasteiger partial charge in [-0.25, -0.2) is 0 Å². The number of nitrogens with one attached hydrogen (secondary N) is 1. The van der Waals surface area contributed by atoms with Crippen LogP contribution in [0.4, 0.5) is 11.4 Å². The van der Waals surface area contributed by atoms with Crippen molar-refractivity contribution in [3.05, 3.63) is 47.5 Å². The van der Waals surface area contributed by atoms with Gasteiger partial charge in [0.15, 0.2) is 0 Å². The van der Waals surface area contributed by atoms with Gasteiger partial charge >= 0.3 is 0 Å². The Balaban J connectivity index is 1.63. The topological polar surface area (TPSA) is 54.0 Å². The van der Waals surface area contributed by atoms with Crippen molar-refractivity contribution in [3.63, 3.8) is 0 Å². The Morgan fingerprint density at radius 2 is 1.63 bits per heavy atom. The fraction of sp³-hybridized carbons (Fsp3) is 0.458. The molecule has 0 bridgehead atoms. The van der Waals surface area contributed by atoms with Gasteiger partial charge < -0.3 is 24.6 Å². The largest absolute Gasteiger partial charge is 0.496 e. The van der Waals surface area contributed by atoms with Crippen molar-refractivity contribution in [2.75, 3.05) is 58.2 Å². The Morgan fingerprint density at radius 1 is 1.07 bits per heavy atom. The van der Waals surface area contributed by atoms with E-state index < -0.39 is 0 Å². The molecular weight excluding hydrogens is 378 g/mol. The molecule has 3 rings (SSSR count). The van der Waals surface area contributed by atoms with Crippen molar-refractivity contribution in [2.45, 2.75) is 19.8 Å². The van der Waals surface area contributed by atoms with Crippen LogP contribution in [0, 0.1) is 12.8 Å². The number of hydrogen-bond donors (Lipinski definition) is 1. The highest BCUT2D eigenvalue weighted by atomic mass is 16.5. The lowest BCUT2D eigenvalue weighted by Gasteiger charge is -2.34. The van der Waals surface area contributed by atoms with E-state index in [0.29, 0.717) is 17.1 Å². The maximum absolute atomic E-state index is 12.7. The van der Waals surface area contributed by atoms with Gasteiger partial charge in [-0.05, 0) is 76.2 Å². The predicted molar refractivity (Wildman–Crippen MR) is 122 cm³/mol. The molecule has 2 aromatic carbocycles. The number of nitrogens with zero attached hydrogens (tertiary/aromatic N) is 2. The molecule has 0 aliphatic carbocycles. The number of rotatable bonds is 7. The molecule has 0 unspecified atom stereocenters. The molecule has 1 N–H and O–H groups in total. The molecule has 1 heterocycles. The molecule has 1 amide bonds. The normalized spacial score (nSPS) is 14.7. The monoisotopic (exact) mass is 411 g/mol. The lowest BCUT2D eigenvalue weighted by molar-refractivity contribution is 0.102. The van der Waals surface area contributed by atoms with Crippen molar-refractivity contribution in [3.8, 4) is 11.5 Å². The van der Waals surface area contributed by atoms with Crippen molar-refractivity contribution in [2.24, 2.45) is 5.92 Å².